The van der Waals surface area contributed by atoms with Crippen molar-refractivity contribution in [1.29, 1.82) is 0 Å². The Morgan fingerprint density at radius 1 is 0.375 bits per heavy atom. The average molecular weight is 1010 g/mol. The van der Waals surface area contributed by atoms with Gasteiger partial charge < -0.3 is 20.3 Å². The molecule has 72 heavy (non-hydrogen) atoms. The van der Waals surface area contributed by atoms with Gasteiger partial charge in [0.15, 0.2) is 0 Å². The topological polar surface area (TPSA) is 95.9 Å². The zero-order valence-electron chi connectivity index (χ0n) is 48.4. The minimum Gasteiger partial charge on any atom is -0.466 e. The van der Waals surface area contributed by atoms with Crippen LogP contribution in [0, 0.1) is 0 Å². The Balaban J connectivity index is 3.48. The van der Waals surface area contributed by atoms with Crippen molar-refractivity contribution in [2.24, 2.45) is 0 Å². The van der Waals surface area contributed by atoms with Crippen LogP contribution < -0.4 is 5.32 Å². The van der Waals surface area contributed by atoms with Gasteiger partial charge in [-0.25, -0.2) is 0 Å². The Hall–Kier alpha value is -1.92. The van der Waals surface area contributed by atoms with Gasteiger partial charge in [0.2, 0.25) is 5.91 Å². The largest absolute Gasteiger partial charge is 0.466 e. The molecule has 1 amide bonds. The van der Waals surface area contributed by atoms with E-state index in [4.69, 9.17) is 4.74 Å². The Bertz CT molecular complexity index is 1170. The second-order valence-corrected chi connectivity index (χ2v) is 22.1. The molecule has 0 aromatic rings. The summed E-state index contributed by atoms with van der Waals surface area (Å²) in [5.74, 6) is -0.0831. The van der Waals surface area contributed by atoms with E-state index >= 15 is 0 Å². The fourth-order valence-corrected chi connectivity index (χ4v) is 9.92. The Labute approximate surface area is 449 Å². The molecular formula is C66H125NO5. The van der Waals surface area contributed by atoms with Crippen molar-refractivity contribution in [1.82, 2.24) is 5.32 Å². The van der Waals surface area contributed by atoms with Gasteiger partial charge in [-0.05, 0) is 83.5 Å². The monoisotopic (exact) mass is 1010 g/mol. The van der Waals surface area contributed by atoms with E-state index in [-0.39, 0.29) is 18.5 Å². The molecule has 6 heteroatoms. The number of amides is 1. The molecule has 0 heterocycles. The summed E-state index contributed by atoms with van der Waals surface area (Å²) in [5.41, 5.74) is 0. The number of esters is 1. The molecule has 0 aliphatic heterocycles. The summed E-state index contributed by atoms with van der Waals surface area (Å²) in [6.45, 7) is 4.90. The van der Waals surface area contributed by atoms with E-state index in [0.29, 0.717) is 19.4 Å². The zero-order valence-corrected chi connectivity index (χ0v) is 48.4. The summed E-state index contributed by atoms with van der Waals surface area (Å²) >= 11 is 0. The predicted octanol–water partition coefficient (Wildman–Crippen LogP) is 20.4. The summed E-state index contributed by atoms with van der Waals surface area (Å²) in [7, 11) is 0. The van der Waals surface area contributed by atoms with Crippen molar-refractivity contribution in [3.8, 4) is 0 Å². The van der Waals surface area contributed by atoms with E-state index in [2.05, 4.69) is 43.5 Å². The highest BCUT2D eigenvalue weighted by Gasteiger charge is 2.18. The fraction of sp³-hybridized carbons (Fsp3) is 0.879. The number of aliphatic hydroxyl groups excluding tert-OH is 2. The van der Waals surface area contributed by atoms with Gasteiger partial charge in [-0.3, -0.25) is 9.59 Å². The van der Waals surface area contributed by atoms with Crippen molar-refractivity contribution in [2.75, 3.05) is 13.2 Å². The van der Waals surface area contributed by atoms with Crippen LogP contribution in [0.1, 0.15) is 348 Å². The third-order valence-electron chi connectivity index (χ3n) is 14.9. The Kier molecular flexibility index (Phi) is 60.0. The molecule has 0 bridgehead atoms. The molecular weight excluding hydrogens is 887 g/mol. The van der Waals surface area contributed by atoms with E-state index in [0.717, 1.165) is 57.8 Å². The first kappa shape index (κ1) is 70.1. The molecule has 0 radical (unpaired) electrons. The van der Waals surface area contributed by atoms with E-state index in [1.54, 1.807) is 6.08 Å². The van der Waals surface area contributed by atoms with Crippen molar-refractivity contribution >= 4 is 11.9 Å². The lowest BCUT2D eigenvalue weighted by molar-refractivity contribution is -0.143. The van der Waals surface area contributed by atoms with Crippen LogP contribution in [-0.2, 0) is 14.3 Å². The normalized spacial score (nSPS) is 12.8. The van der Waals surface area contributed by atoms with Gasteiger partial charge in [0.1, 0.15) is 0 Å². The first-order chi connectivity index (χ1) is 35.5. The van der Waals surface area contributed by atoms with E-state index in [1.165, 1.54) is 263 Å². The molecule has 0 saturated carbocycles. The van der Waals surface area contributed by atoms with Gasteiger partial charge in [-0.2, -0.15) is 0 Å². The SMILES string of the molecule is CCCCCCCC/C=C\CCCCCCCCCC(=O)OCCCCCCCC/C=C\CCCCCCCCCC(=O)NC(CO)C(O)/C=C/CCCCCCCCCCCCCCCCCCCCC. The lowest BCUT2D eigenvalue weighted by atomic mass is 10.0. The Morgan fingerprint density at radius 3 is 0.986 bits per heavy atom. The van der Waals surface area contributed by atoms with Crippen LogP contribution >= 0.6 is 0 Å². The van der Waals surface area contributed by atoms with Gasteiger partial charge in [0, 0.05) is 12.8 Å². The first-order valence-electron chi connectivity index (χ1n) is 32.3. The van der Waals surface area contributed by atoms with Crippen molar-refractivity contribution in [3.05, 3.63) is 36.5 Å². The number of allylic oxidation sites excluding steroid dienone is 5. The first-order valence-corrected chi connectivity index (χ1v) is 32.3. The standard InChI is InChI=1S/C66H125NO5/c1-3-5-7-9-11-13-15-17-19-21-22-23-24-27-30-34-38-42-46-50-54-58-64(69)63(62-68)67-65(70)59-55-51-47-43-39-35-31-28-25-29-33-37-41-45-49-53-57-61-72-66(71)60-56-52-48-44-40-36-32-26-20-18-16-14-12-10-8-6-4-2/h18,20,25,29,54,58,63-64,68-69H,3-17,19,21-24,26-28,30-53,55-57,59-62H2,1-2H3,(H,67,70)/b20-18-,29-25-,58-54+. The maximum absolute atomic E-state index is 12.5. The summed E-state index contributed by atoms with van der Waals surface area (Å²) in [5, 5.41) is 23.2. The molecule has 0 aliphatic rings. The van der Waals surface area contributed by atoms with Crippen LogP contribution in [0.25, 0.3) is 0 Å². The molecule has 6 nitrogen and oxygen atoms in total. The van der Waals surface area contributed by atoms with E-state index in [9.17, 15) is 19.8 Å². The number of ether oxygens (including phenoxy) is 1. The molecule has 0 aromatic heterocycles. The molecule has 0 aliphatic carbocycles. The Morgan fingerprint density at radius 2 is 0.653 bits per heavy atom. The van der Waals surface area contributed by atoms with Crippen LogP contribution in [0.15, 0.2) is 36.5 Å². The summed E-state index contributed by atoms with van der Waals surface area (Å²) in [4.78, 5) is 24.6. The minimum atomic E-state index is -0.854. The van der Waals surface area contributed by atoms with Crippen LogP contribution in [0.4, 0.5) is 0 Å². The number of carbonyl (C=O) groups excluding carboxylic acids is 2. The van der Waals surface area contributed by atoms with E-state index < -0.39 is 12.1 Å². The second-order valence-electron chi connectivity index (χ2n) is 22.1. The molecule has 3 N–H and O–H groups in total. The smallest absolute Gasteiger partial charge is 0.305 e. The van der Waals surface area contributed by atoms with Crippen molar-refractivity contribution in [2.45, 2.75) is 360 Å². The van der Waals surface area contributed by atoms with Gasteiger partial charge in [0.25, 0.3) is 0 Å². The molecule has 0 rings (SSSR count). The maximum Gasteiger partial charge on any atom is 0.305 e. The number of aliphatic hydroxyl groups is 2. The van der Waals surface area contributed by atoms with Gasteiger partial charge in [-0.15, -0.1) is 0 Å². The molecule has 0 spiro atoms. The van der Waals surface area contributed by atoms with Crippen molar-refractivity contribution < 1.29 is 24.5 Å². The fourth-order valence-electron chi connectivity index (χ4n) is 9.92. The highest BCUT2D eigenvalue weighted by molar-refractivity contribution is 5.76. The minimum absolute atomic E-state index is 0.00567. The number of hydrogen-bond acceptors (Lipinski definition) is 5. The molecule has 424 valence electrons. The zero-order chi connectivity index (χ0) is 52.2. The number of nitrogens with one attached hydrogen (secondary N) is 1. The van der Waals surface area contributed by atoms with Crippen LogP contribution in [0.2, 0.25) is 0 Å². The lowest BCUT2D eigenvalue weighted by Gasteiger charge is -2.20. The van der Waals surface area contributed by atoms with Crippen LogP contribution in [0.3, 0.4) is 0 Å². The molecule has 0 fully saturated rings. The molecule has 0 saturated heterocycles. The van der Waals surface area contributed by atoms with Gasteiger partial charge >= 0.3 is 5.97 Å². The summed E-state index contributed by atoms with van der Waals surface area (Å²) in [6, 6.07) is -0.638. The highest BCUT2D eigenvalue weighted by Crippen LogP contribution is 2.17. The molecule has 2 atom stereocenters. The quantitative estimate of drug-likeness (QED) is 0.0320. The third kappa shape index (κ3) is 57.4. The number of carbonyl (C=O) groups is 2. The highest BCUT2D eigenvalue weighted by atomic mass is 16.5. The summed E-state index contributed by atoms with van der Waals surface area (Å²) in [6.07, 6.45) is 77.6. The van der Waals surface area contributed by atoms with Crippen LogP contribution in [-0.4, -0.2) is 47.4 Å². The third-order valence-corrected chi connectivity index (χ3v) is 14.9. The average Bonchev–Trinajstić information content (AvgIpc) is 3.38. The van der Waals surface area contributed by atoms with Crippen LogP contribution in [0.5, 0.6) is 0 Å². The van der Waals surface area contributed by atoms with Gasteiger partial charge in [-0.1, -0.05) is 288 Å². The van der Waals surface area contributed by atoms with Gasteiger partial charge in [0.05, 0.1) is 25.4 Å². The second kappa shape index (κ2) is 61.6. The lowest BCUT2D eigenvalue weighted by Crippen LogP contribution is -2.45. The molecule has 2 unspecified atom stereocenters. The molecule has 0 aromatic carbocycles. The number of unbranched alkanes of at least 4 members (excludes halogenated alkanes) is 45. The summed E-state index contributed by atoms with van der Waals surface area (Å²) < 4.78 is 5.48. The number of hydrogen-bond donors (Lipinski definition) is 3. The number of rotatable bonds is 60. The maximum atomic E-state index is 12.5. The van der Waals surface area contributed by atoms with E-state index in [1.807, 2.05) is 6.08 Å². The van der Waals surface area contributed by atoms with Crippen molar-refractivity contribution in [3.63, 3.8) is 0 Å². The predicted molar refractivity (Wildman–Crippen MR) is 315 cm³/mol.